The number of rotatable bonds is 5. The Bertz CT molecular complexity index is 1080. The van der Waals surface area contributed by atoms with E-state index in [1.165, 1.54) is 12.8 Å². The Morgan fingerprint density at radius 2 is 2.03 bits per heavy atom. The molecule has 1 spiro atoms. The van der Waals surface area contributed by atoms with E-state index in [0.717, 1.165) is 40.7 Å². The van der Waals surface area contributed by atoms with Crippen LogP contribution in [0.5, 0.6) is 0 Å². The third-order valence-corrected chi connectivity index (χ3v) is 7.67. The predicted octanol–water partition coefficient (Wildman–Crippen LogP) is 5.66. The van der Waals surface area contributed by atoms with Crippen LogP contribution in [0.4, 0.5) is 5.82 Å². The van der Waals surface area contributed by atoms with Crippen LogP contribution in [0.2, 0.25) is 5.02 Å². The van der Waals surface area contributed by atoms with Crippen LogP contribution in [0.15, 0.2) is 48.7 Å². The van der Waals surface area contributed by atoms with Crippen molar-refractivity contribution in [1.29, 1.82) is 0 Å². The molecule has 2 aliphatic rings. The Morgan fingerprint density at radius 1 is 1.23 bits per heavy atom. The maximum atomic E-state index is 13.7. The monoisotopic (exact) mass is 452 g/mol. The summed E-state index contributed by atoms with van der Waals surface area (Å²) < 4.78 is 0. The number of anilines is 1. The first kappa shape index (κ1) is 20.5. The number of halogens is 1. The molecule has 160 valence electrons. The van der Waals surface area contributed by atoms with Gasteiger partial charge in [-0.25, -0.2) is 9.97 Å². The lowest BCUT2D eigenvalue weighted by atomic mass is 9.87. The smallest absolute Gasteiger partial charge is 0.274 e. The Morgan fingerprint density at radius 3 is 2.74 bits per heavy atom. The van der Waals surface area contributed by atoms with Gasteiger partial charge < -0.3 is 10.2 Å². The van der Waals surface area contributed by atoms with E-state index >= 15 is 0 Å². The molecule has 7 heteroatoms. The number of carbonyl (C=O) groups excluding carboxylic acids is 1. The average molecular weight is 453 g/mol. The lowest BCUT2D eigenvalue weighted by Crippen LogP contribution is -2.50. The molecular weight excluding hydrogens is 428 g/mol. The zero-order chi connectivity index (χ0) is 21.4. The van der Waals surface area contributed by atoms with Gasteiger partial charge in [0, 0.05) is 25.3 Å². The summed E-state index contributed by atoms with van der Waals surface area (Å²) in [6.45, 7) is 3.42. The number of nitrogens with zero attached hydrogens (tertiary/aromatic N) is 3. The molecule has 0 radical (unpaired) electrons. The number of thiazole rings is 1. The van der Waals surface area contributed by atoms with Gasteiger partial charge in [0.05, 0.1) is 14.9 Å². The Labute approximate surface area is 191 Å². The Balaban J connectivity index is 1.39. The van der Waals surface area contributed by atoms with Crippen LogP contribution in [0.1, 0.15) is 41.2 Å². The first-order chi connectivity index (χ1) is 15.0. The highest BCUT2D eigenvalue weighted by atomic mass is 35.5. The molecule has 1 aliphatic heterocycles. The number of aromatic nitrogens is 2. The summed E-state index contributed by atoms with van der Waals surface area (Å²) in [7, 11) is 0. The zero-order valence-corrected chi connectivity index (χ0v) is 19.0. The molecule has 31 heavy (non-hydrogen) atoms. The fraction of sp³-hybridized carbons (Fsp3) is 0.375. The van der Waals surface area contributed by atoms with Crippen LogP contribution in [0, 0.1) is 12.3 Å². The summed E-state index contributed by atoms with van der Waals surface area (Å²) in [5, 5.41) is 4.94. The topological polar surface area (TPSA) is 58.1 Å². The van der Waals surface area contributed by atoms with Gasteiger partial charge in [-0.1, -0.05) is 41.9 Å². The van der Waals surface area contributed by atoms with Crippen LogP contribution in [-0.4, -0.2) is 39.9 Å². The molecule has 3 heterocycles. The molecule has 0 bridgehead atoms. The minimum Gasteiger partial charge on any atom is -0.368 e. The number of benzene rings is 1. The van der Waals surface area contributed by atoms with Crippen molar-refractivity contribution < 1.29 is 4.79 Å². The SMILES string of the molecule is Cc1nc(C(=O)N2CCC3(CC3)CC2CNc2ccc(Cl)cn2)c(-c2ccccc2)s1. The van der Waals surface area contributed by atoms with Crippen molar-refractivity contribution in [2.75, 3.05) is 18.4 Å². The highest BCUT2D eigenvalue weighted by molar-refractivity contribution is 7.15. The van der Waals surface area contributed by atoms with E-state index in [2.05, 4.69) is 15.3 Å². The third kappa shape index (κ3) is 4.32. The summed E-state index contributed by atoms with van der Waals surface area (Å²) in [5.41, 5.74) is 2.05. The molecule has 2 fully saturated rings. The molecule has 1 aliphatic carbocycles. The highest BCUT2D eigenvalue weighted by Crippen LogP contribution is 2.55. The summed E-state index contributed by atoms with van der Waals surface area (Å²) in [4.78, 5) is 25.7. The third-order valence-electron chi connectivity index (χ3n) is 6.43. The van der Waals surface area contributed by atoms with Crippen LogP contribution < -0.4 is 5.32 Å². The Hall–Kier alpha value is -2.44. The molecule has 1 unspecified atom stereocenters. The number of aryl methyl sites for hydroxylation is 1. The van der Waals surface area contributed by atoms with Gasteiger partial charge in [0.2, 0.25) is 0 Å². The number of hydrogen-bond donors (Lipinski definition) is 1. The summed E-state index contributed by atoms with van der Waals surface area (Å²) in [6, 6.07) is 13.9. The van der Waals surface area contributed by atoms with Gasteiger partial charge in [0.15, 0.2) is 0 Å². The standard InChI is InChI=1S/C24H25ClN4OS/c1-16-28-21(22(31-16)17-5-3-2-4-6-17)23(30)29-12-11-24(9-10-24)13-19(29)15-27-20-8-7-18(25)14-26-20/h2-8,14,19H,9-13,15H2,1H3,(H,26,27). The Kier molecular flexibility index (Phi) is 5.44. The molecule has 5 nitrogen and oxygen atoms in total. The van der Waals surface area contributed by atoms with Crippen molar-refractivity contribution in [2.45, 2.75) is 38.6 Å². The molecule has 1 N–H and O–H groups in total. The van der Waals surface area contributed by atoms with Gasteiger partial charge in [-0.05, 0) is 55.7 Å². The van der Waals surface area contributed by atoms with Gasteiger partial charge in [-0.3, -0.25) is 4.79 Å². The quantitative estimate of drug-likeness (QED) is 0.542. The molecule has 2 aromatic heterocycles. The van der Waals surface area contributed by atoms with Crippen molar-refractivity contribution in [3.05, 3.63) is 64.4 Å². The van der Waals surface area contributed by atoms with E-state index in [-0.39, 0.29) is 11.9 Å². The molecule has 3 aromatic rings. The number of likely N-dealkylation sites (tertiary alicyclic amines) is 1. The van der Waals surface area contributed by atoms with E-state index in [4.69, 9.17) is 11.6 Å². The molecule has 1 atom stereocenters. The van der Waals surface area contributed by atoms with Crippen molar-refractivity contribution in [1.82, 2.24) is 14.9 Å². The largest absolute Gasteiger partial charge is 0.368 e. The fourth-order valence-corrected chi connectivity index (χ4v) is 5.56. The predicted molar refractivity (Wildman–Crippen MR) is 126 cm³/mol. The second-order valence-corrected chi connectivity index (χ2v) is 10.3. The average Bonchev–Trinajstić information content (AvgIpc) is 3.42. The van der Waals surface area contributed by atoms with Crippen LogP contribution >= 0.6 is 22.9 Å². The second-order valence-electron chi connectivity index (χ2n) is 8.63. The number of nitrogens with one attached hydrogen (secondary N) is 1. The van der Waals surface area contributed by atoms with Crippen LogP contribution in [-0.2, 0) is 0 Å². The first-order valence-electron chi connectivity index (χ1n) is 10.7. The second kappa shape index (κ2) is 8.24. The normalized spacial score (nSPS) is 19.4. The zero-order valence-electron chi connectivity index (χ0n) is 17.5. The van der Waals surface area contributed by atoms with Gasteiger partial charge in [0.25, 0.3) is 5.91 Å². The minimum absolute atomic E-state index is 0.0366. The van der Waals surface area contributed by atoms with E-state index in [9.17, 15) is 4.79 Å². The molecule has 1 saturated carbocycles. The van der Waals surface area contributed by atoms with E-state index < -0.39 is 0 Å². The molecule has 1 saturated heterocycles. The minimum atomic E-state index is 0.0366. The maximum absolute atomic E-state index is 13.7. The van der Waals surface area contributed by atoms with Crippen LogP contribution in [0.25, 0.3) is 10.4 Å². The number of carbonyl (C=O) groups is 1. The van der Waals surface area contributed by atoms with E-state index in [0.29, 0.717) is 22.7 Å². The molecule has 1 amide bonds. The van der Waals surface area contributed by atoms with Gasteiger partial charge in [0.1, 0.15) is 11.5 Å². The fourth-order valence-electron chi connectivity index (χ4n) is 4.53. The van der Waals surface area contributed by atoms with Crippen LogP contribution in [0.3, 0.4) is 0 Å². The van der Waals surface area contributed by atoms with E-state index in [1.807, 2.05) is 54.3 Å². The summed E-state index contributed by atoms with van der Waals surface area (Å²) in [5.74, 6) is 0.816. The maximum Gasteiger partial charge on any atom is 0.274 e. The number of pyridine rings is 1. The molecule has 5 rings (SSSR count). The number of hydrogen-bond acceptors (Lipinski definition) is 5. The van der Waals surface area contributed by atoms with Gasteiger partial charge in [-0.15, -0.1) is 11.3 Å². The van der Waals surface area contributed by atoms with Gasteiger partial charge in [-0.2, -0.15) is 0 Å². The van der Waals surface area contributed by atoms with Crippen molar-refractivity contribution in [3.8, 4) is 10.4 Å². The highest BCUT2D eigenvalue weighted by Gasteiger charge is 2.49. The van der Waals surface area contributed by atoms with E-state index in [1.54, 1.807) is 17.5 Å². The first-order valence-corrected chi connectivity index (χ1v) is 11.9. The molecule has 1 aromatic carbocycles. The lowest BCUT2D eigenvalue weighted by molar-refractivity contribution is 0.0541. The lowest BCUT2D eigenvalue weighted by Gasteiger charge is -2.40. The summed E-state index contributed by atoms with van der Waals surface area (Å²) >= 11 is 7.54. The number of amides is 1. The number of piperidine rings is 1. The van der Waals surface area contributed by atoms with Crippen molar-refractivity contribution in [3.63, 3.8) is 0 Å². The van der Waals surface area contributed by atoms with Gasteiger partial charge >= 0.3 is 0 Å². The van der Waals surface area contributed by atoms with Crippen molar-refractivity contribution >= 4 is 34.7 Å². The summed E-state index contributed by atoms with van der Waals surface area (Å²) in [6.07, 6.45) is 6.30. The molecular formula is C24H25ClN4OS. The van der Waals surface area contributed by atoms with Crippen molar-refractivity contribution in [2.24, 2.45) is 5.41 Å².